The van der Waals surface area contributed by atoms with E-state index in [9.17, 15) is 13.6 Å². The molecule has 172 valence electrons. The largest absolute Gasteiger partial charge is 0.392 e. The lowest BCUT2D eigenvalue weighted by Gasteiger charge is -2.27. The van der Waals surface area contributed by atoms with E-state index in [-0.39, 0.29) is 33.0 Å². The highest BCUT2D eigenvalue weighted by Gasteiger charge is 2.21. The van der Waals surface area contributed by atoms with Gasteiger partial charge in [0.1, 0.15) is 23.5 Å². The van der Waals surface area contributed by atoms with Crippen molar-refractivity contribution in [3.8, 4) is 5.69 Å². The quantitative estimate of drug-likeness (QED) is 0.360. The lowest BCUT2D eigenvalue weighted by molar-refractivity contribution is 0.0163. The molecule has 0 unspecified atom stereocenters. The Balaban J connectivity index is 1.80. The van der Waals surface area contributed by atoms with E-state index in [1.165, 1.54) is 29.0 Å². The van der Waals surface area contributed by atoms with Crippen LogP contribution in [0.2, 0.25) is 10.0 Å². The summed E-state index contributed by atoms with van der Waals surface area (Å²) in [4.78, 5) is 20.6. The predicted octanol–water partition coefficient (Wildman–Crippen LogP) is 5.29. The third kappa shape index (κ3) is 5.27. The molecular formula is C24H21Cl2F2N3O2. The van der Waals surface area contributed by atoms with E-state index in [4.69, 9.17) is 28.0 Å². The van der Waals surface area contributed by atoms with Crippen molar-refractivity contribution in [3.63, 3.8) is 0 Å². The molecule has 0 radical (unpaired) electrons. The van der Waals surface area contributed by atoms with Crippen LogP contribution >= 0.6 is 23.2 Å². The molecule has 5 nitrogen and oxygen atoms in total. The van der Waals surface area contributed by atoms with Gasteiger partial charge < -0.3 is 9.74 Å². The highest BCUT2D eigenvalue weighted by atomic mass is 35.5. The zero-order valence-electron chi connectivity index (χ0n) is 17.8. The zero-order valence-corrected chi connectivity index (χ0v) is 19.3. The van der Waals surface area contributed by atoms with Crippen LogP contribution in [-0.2, 0) is 4.84 Å². The number of hydrogen-bond donors (Lipinski definition) is 0. The topological polar surface area (TPSA) is 46.8 Å². The van der Waals surface area contributed by atoms with Crippen molar-refractivity contribution in [2.75, 3.05) is 20.1 Å². The summed E-state index contributed by atoms with van der Waals surface area (Å²) in [6.45, 7) is 1.71. The maximum absolute atomic E-state index is 14.7. The van der Waals surface area contributed by atoms with Crippen LogP contribution in [0.25, 0.3) is 5.69 Å². The molecule has 0 aliphatic carbocycles. The predicted molar refractivity (Wildman–Crippen MR) is 126 cm³/mol. The van der Waals surface area contributed by atoms with Crippen molar-refractivity contribution < 1.29 is 13.6 Å². The molecule has 1 aliphatic rings. The van der Waals surface area contributed by atoms with Gasteiger partial charge in [-0.1, -0.05) is 34.4 Å². The molecule has 33 heavy (non-hydrogen) atoms. The first-order chi connectivity index (χ1) is 15.8. The maximum atomic E-state index is 14.7. The first kappa shape index (κ1) is 23.4. The Morgan fingerprint density at radius 3 is 2.42 bits per heavy atom. The van der Waals surface area contributed by atoms with E-state index in [1.54, 1.807) is 18.2 Å². The van der Waals surface area contributed by atoms with Crippen molar-refractivity contribution in [1.82, 2.24) is 9.47 Å². The van der Waals surface area contributed by atoms with Gasteiger partial charge in [0, 0.05) is 42.5 Å². The Morgan fingerprint density at radius 1 is 1.06 bits per heavy atom. The Bertz CT molecular complexity index is 1230. The second kappa shape index (κ2) is 10.0. The third-order valence-corrected chi connectivity index (χ3v) is 6.12. The lowest BCUT2D eigenvalue weighted by Crippen LogP contribution is -2.33. The monoisotopic (exact) mass is 491 g/mol. The molecule has 3 aromatic rings. The molecule has 9 heteroatoms. The molecule has 0 N–H and O–H groups in total. The molecular weight excluding hydrogens is 471 g/mol. The highest BCUT2D eigenvalue weighted by Crippen LogP contribution is 2.28. The summed E-state index contributed by atoms with van der Waals surface area (Å²) in [6.07, 6.45) is 2.88. The summed E-state index contributed by atoms with van der Waals surface area (Å²) in [7, 11) is 2.03. The molecule has 0 spiro atoms. The smallest absolute Gasteiger partial charge is 0.255 e. The molecule has 4 rings (SSSR count). The van der Waals surface area contributed by atoms with Gasteiger partial charge in [-0.15, -0.1) is 0 Å². The minimum atomic E-state index is -0.797. The fraction of sp³-hybridized carbons (Fsp3) is 0.250. The van der Waals surface area contributed by atoms with E-state index < -0.39 is 11.6 Å². The number of oxime groups is 1. The van der Waals surface area contributed by atoms with Crippen LogP contribution in [0.15, 0.2) is 64.7 Å². The van der Waals surface area contributed by atoms with Crippen LogP contribution in [0.3, 0.4) is 0 Å². The van der Waals surface area contributed by atoms with Gasteiger partial charge in [-0.2, -0.15) is 0 Å². The van der Waals surface area contributed by atoms with Gasteiger partial charge in [-0.3, -0.25) is 9.36 Å². The standard InChI is InChI=1S/C24H21Cl2F2N3O2/c1-30-11-9-17(10-12-30)33-29-23(18-7-6-16(27)13-21(18)28)15-5-8-22(32)31(14-15)24-19(25)3-2-4-20(24)26/h2-8,13-14,17H,9-12H2,1H3/b29-23-. The van der Waals surface area contributed by atoms with Crippen LogP contribution in [0.5, 0.6) is 0 Å². The normalized spacial score (nSPS) is 15.6. The second-order valence-electron chi connectivity index (χ2n) is 7.87. The number of benzene rings is 2. The molecule has 2 aromatic carbocycles. The van der Waals surface area contributed by atoms with Gasteiger partial charge in [0.15, 0.2) is 0 Å². The van der Waals surface area contributed by atoms with Gasteiger partial charge in [0.25, 0.3) is 5.56 Å². The molecule has 1 aromatic heterocycles. The number of piperidine rings is 1. The van der Waals surface area contributed by atoms with Gasteiger partial charge in [0.05, 0.1) is 15.7 Å². The Kier molecular flexibility index (Phi) is 7.12. The minimum absolute atomic E-state index is 0.0415. The second-order valence-corrected chi connectivity index (χ2v) is 8.68. The fourth-order valence-corrected chi connectivity index (χ4v) is 4.26. The first-order valence-corrected chi connectivity index (χ1v) is 11.1. The summed E-state index contributed by atoms with van der Waals surface area (Å²) in [5, 5.41) is 4.81. The van der Waals surface area contributed by atoms with E-state index in [0.717, 1.165) is 38.1 Å². The average Bonchev–Trinajstić information content (AvgIpc) is 2.78. The SMILES string of the molecule is CN1CCC(O/N=C(/c2ccc(=O)n(-c3c(Cl)cccc3Cl)c2)c2ccc(F)cc2F)CC1. The van der Waals surface area contributed by atoms with E-state index in [0.29, 0.717) is 11.3 Å². The van der Waals surface area contributed by atoms with Crippen LogP contribution in [0.1, 0.15) is 24.0 Å². The van der Waals surface area contributed by atoms with Crippen molar-refractivity contribution >= 4 is 28.9 Å². The van der Waals surface area contributed by atoms with Crippen molar-refractivity contribution in [1.29, 1.82) is 0 Å². The van der Waals surface area contributed by atoms with Gasteiger partial charge in [0.2, 0.25) is 0 Å². The number of halogens is 4. The number of likely N-dealkylation sites (tertiary alicyclic amines) is 1. The molecule has 0 atom stereocenters. The van der Waals surface area contributed by atoms with E-state index >= 15 is 0 Å². The highest BCUT2D eigenvalue weighted by molar-refractivity contribution is 6.37. The number of nitrogens with zero attached hydrogens (tertiary/aromatic N) is 3. The number of rotatable bonds is 5. The molecule has 1 aliphatic heterocycles. The van der Waals surface area contributed by atoms with Crippen molar-refractivity contribution in [3.05, 3.63) is 97.9 Å². The molecule has 0 amide bonds. The maximum Gasteiger partial charge on any atom is 0.255 e. The minimum Gasteiger partial charge on any atom is -0.392 e. The number of para-hydroxylation sites is 1. The van der Waals surface area contributed by atoms with Crippen LogP contribution in [0.4, 0.5) is 8.78 Å². The number of pyridine rings is 1. The van der Waals surface area contributed by atoms with E-state index in [1.807, 2.05) is 7.05 Å². The van der Waals surface area contributed by atoms with Crippen molar-refractivity contribution in [2.24, 2.45) is 5.16 Å². The molecule has 1 saturated heterocycles. The Morgan fingerprint density at radius 2 is 1.76 bits per heavy atom. The summed E-state index contributed by atoms with van der Waals surface area (Å²) in [6, 6.07) is 10.9. The molecule has 2 heterocycles. The summed E-state index contributed by atoms with van der Waals surface area (Å²) in [5.41, 5.74) is 0.457. The molecule has 1 fully saturated rings. The van der Waals surface area contributed by atoms with Crippen LogP contribution < -0.4 is 5.56 Å². The number of aromatic nitrogens is 1. The Hall–Kier alpha value is -2.74. The summed E-state index contributed by atoms with van der Waals surface area (Å²) < 4.78 is 29.6. The molecule has 0 saturated carbocycles. The van der Waals surface area contributed by atoms with Gasteiger partial charge in [-0.25, -0.2) is 8.78 Å². The number of hydrogen-bond acceptors (Lipinski definition) is 4. The zero-order chi connectivity index (χ0) is 23.5. The lowest BCUT2D eigenvalue weighted by atomic mass is 10.0. The summed E-state index contributed by atoms with van der Waals surface area (Å²) >= 11 is 12.6. The van der Waals surface area contributed by atoms with Gasteiger partial charge >= 0.3 is 0 Å². The third-order valence-electron chi connectivity index (χ3n) is 5.51. The van der Waals surface area contributed by atoms with Crippen molar-refractivity contribution in [2.45, 2.75) is 18.9 Å². The van der Waals surface area contributed by atoms with E-state index in [2.05, 4.69) is 10.1 Å². The fourth-order valence-electron chi connectivity index (χ4n) is 3.68. The van der Waals surface area contributed by atoms with Gasteiger partial charge in [-0.05, 0) is 50.2 Å². The van der Waals surface area contributed by atoms with Crippen LogP contribution in [0, 0.1) is 11.6 Å². The summed E-state index contributed by atoms with van der Waals surface area (Å²) in [5.74, 6) is -1.51. The Labute approximate surface area is 199 Å². The molecule has 0 bridgehead atoms. The average molecular weight is 492 g/mol. The first-order valence-electron chi connectivity index (χ1n) is 10.4. The van der Waals surface area contributed by atoms with Crippen LogP contribution in [-0.4, -0.2) is 41.4 Å².